The summed E-state index contributed by atoms with van der Waals surface area (Å²) in [4.78, 5) is 9.21. The molecule has 0 bridgehead atoms. The Morgan fingerprint density at radius 3 is 2.38 bits per heavy atom. The number of nitrogens with one attached hydrogen (secondary N) is 2. The van der Waals surface area contributed by atoms with Gasteiger partial charge in [-0.1, -0.05) is 30.1 Å². The summed E-state index contributed by atoms with van der Waals surface area (Å²) >= 11 is 12.2. The quantitative estimate of drug-likeness (QED) is 0.346. The normalized spacial score (nSPS) is 17.7. The van der Waals surface area contributed by atoms with Gasteiger partial charge in [-0.15, -0.1) is 24.0 Å². The van der Waals surface area contributed by atoms with Crippen LogP contribution in [-0.2, 0) is 13.6 Å². The number of nitrogens with zero attached hydrogens (tertiary/aromatic N) is 4. The Morgan fingerprint density at radius 1 is 1.19 bits per heavy atom. The van der Waals surface area contributed by atoms with E-state index in [2.05, 4.69) is 39.4 Å². The van der Waals surface area contributed by atoms with E-state index in [4.69, 9.17) is 23.2 Å². The third kappa shape index (κ3) is 7.07. The van der Waals surface area contributed by atoms with Crippen molar-refractivity contribution < 1.29 is 0 Å². The number of guanidine groups is 1. The molecule has 0 radical (unpaired) electrons. The van der Waals surface area contributed by atoms with Crippen molar-refractivity contribution in [3.8, 4) is 0 Å². The number of hydrogen-bond donors (Lipinski definition) is 2. The minimum atomic E-state index is 0. The van der Waals surface area contributed by atoms with Crippen molar-refractivity contribution in [2.45, 2.75) is 13.5 Å². The van der Waals surface area contributed by atoms with Crippen LogP contribution in [0, 0.1) is 5.92 Å². The molecule has 1 aliphatic heterocycles. The molecule has 1 aromatic heterocycles. The largest absolute Gasteiger partial charge is 0.356 e. The minimum Gasteiger partial charge on any atom is -0.356 e. The van der Waals surface area contributed by atoms with Gasteiger partial charge in [0, 0.05) is 59.1 Å². The van der Waals surface area contributed by atoms with Crippen LogP contribution in [0.15, 0.2) is 11.1 Å². The van der Waals surface area contributed by atoms with Crippen molar-refractivity contribution in [3.63, 3.8) is 0 Å². The van der Waals surface area contributed by atoms with Gasteiger partial charge >= 0.3 is 0 Å². The highest BCUT2D eigenvalue weighted by Crippen LogP contribution is 2.24. The molecular weight excluding hydrogens is 486 g/mol. The maximum Gasteiger partial charge on any atom is 0.191 e. The molecule has 6 nitrogen and oxygen atoms in total. The first kappa shape index (κ1) is 23.8. The number of aliphatic imine (C=N–C) groups is 1. The van der Waals surface area contributed by atoms with Crippen LogP contribution in [0.3, 0.4) is 0 Å². The highest BCUT2D eigenvalue weighted by Gasteiger charge is 2.16. The molecule has 2 rings (SSSR count). The van der Waals surface area contributed by atoms with Crippen LogP contribution in [0.5, 0.6) is 0 Å². The summed E-state index contributed by atoms with van der Waals surface area (Å²) in [6.07, 6.45) is 0. The molecule has 2 heterocycles. The van der Waals surface area contributed by atoms with Crippen molar-refractivity contribution >= 4 is 53.1 Å². The Labute approximate surface area is 184 Å². The molecule has 1 fully saturated rings. The summed E-state index contributed by atoms with van der Waals surface area (Å²) in [5.74, 6) is 1.35. The molecule has 150 valence electrons. The predicted octanol–water partition coefficient (Wildman–Crippen LogP) is 2.50. The summed E-state index contributed by atoms with van der Waals surface area (Å²) in [5, 5.41) is 7.85. The number of rotatable bonds is 6. The van der Waals surface area contributed by atoms with Crippen molar-refractivity contribution in [2.24, 2.45) is 18.0 Å². The molecule has 1 aliphatic rings. The zero-order valence-electron chi connectivity index (χ0n) is 16.1. The second-order valence-corrected chi connectivity index (χ2v) is 7.61. The molecule has 0 aliphatic carbocycles. The Balaban J connectivity index is 0.00000338. The molecule has 1 aromatic rings. The predicted molar refractivity (Wildman–Crippen MR) is 122 cm³/mol. The van der Waals surface area contributed by atoms with E-state index in [0.717, 1.165) is 50.9 Å². The van der Waals surface area contributed by atoms with Crippen LogP contribution in [0.4, 0.5) is 0 Å². The summed E-state index contributed by atoms with van der Waals surface area (Å²) in [7, 11) is 5.87. The zero-order chi connectivity index (χ0) is 18.4. The molecule has 26 heavy (non-hydrogen) atoms. The third-order valence-corrected chi connectivity index (χ3v) is 5.50. The van der Waals surface area contributed by atoms with Gasteiger partial charge in [0.15, 0.2) is 5.96 Å². The van der Waals surface area contributed by atoms with E-state index in [1.54, 1.807) is 7.05 Å². The van der Waals surface area contributed by atoms with E-state index in [-0.39, 0.29) is 24.0 Å². The highest BCUT2D eigenvalue weighted by atomic mass is 127. The zero-order valence-corrected chi connectivity index (χ0v) is 19.9. The summed E-state index contributed by atoms with van der Waals surface area (Å²) in [6.45, 7) is 9.52. The van der Waals surface area contributed by atoms with E-state index in [0.29, 0.717) is 22.6 Å². The van der Waals surface area contributed by atoms with Gasteiger partial charge in [-0.2, -0.15) is 0 Å². The molecule has 0 amide bonds. The monoisotopic (exact) mass is 516 g/mol. The Hall–Kier alpha value is -0.220. The second-order valence-electron chi connectivity index (χ2n) is 6.85. The molecular formula is C17H31Cl2IN6. The van der Waals surface area contributed by atoms with Crippen molar-refractivity contribution in [1.29, 1.82) is 0 Å². The van der Waals surface area contributed by atoms with Crippen LogP contribution in [0.1, 0.15) is 12.6 Å². The van der Waals surface area contributed by atoms with E-state index >= 15 is 0 Å². The lowest BCUT2D eigenvalue weighted by atomic mass is 10.1. The molecule has 1 atom stereocenters. The van der Waals surface area contributed by atoms with Crippen molar-refractivity contribution in [3.05, 3.63) is 21.9 Å². The fourth-order valence-corrected chi connectivity index (χ4v) is 3.38. The average Bonchev–Trinajstić information content (AvgIpc) is 2.84. The van der Waals surface area contributed by atoms with E-state index in [1.807, 2.05) is 17.7 Å². The van der Waals surface area contributed by atoms with Gasteiger partial charge in [0.2, 0.25) is 0 Å². The van der Waals surface area contributed by atoms with Gasteiger partial charge in [0.1, 0.15) is 5.15 Å². The Kier molecular flexibility index (Phi) is 10.6. The topological polar surface area (TPSA) is 47.8 Å². The SMILES string of the molecule is CN=C(NCc1cc(Cl)c(Cl)n1C)NCC(C)CN1CCN(C)CC1.I. The Morgan fingerprint density at radius 2 is 1.85 bits per heavy atom. The summed E-state index contributed by atoms with van der Waals surface area (Å²) in [5.41, 5.74) is 1.02. The molecule has 9 heteroatoms. The Bertz CT molecular complexity index is 584. The lowest BCUT2D eigenvalue weighted by Crippen LogP contribution is -2.47. The minimum absolute atomic E-state index is 0. The average molecular weight is 517 g/mol. The fraction of sp³-hybridized carbons (Fsp3) is 0.706. The van der Waals surface area contributed by atoms with Gasteiger partial charge in [-0.3, -0.25) is 4.99 Å². The van der Waals surface area contributed by atoms with Crippen LogP contribution in [0.25, 0.3) is 0 Å². The molecule has 1 saturated heterocycles. The highest BCUT2D eigenvalue weighted by molar-refractivity contribution is 14.0. The third-order valence-electron chi connectivity index (χ3n) is 4.66. The molecule has 0 aromatic carbocycles. The van der Waals surface area contributed by atoms with Crippen LogP contribution in [0.2, 0.25) is 10.2 Å². The van der Waals surface area contributed by atoms with Gasteiger partial charge < -0.3 is 25.0 Å². The number of aromatic nitrogens is 1. The van der Waals surface area contributed by atoms with Gasteiger partial charge in [0.05, 0.1) is 11.6 Å². The van der Waals surface area contributed by atoms with Gasteiger partial charge in [-0.25, -0.2) is 0 Å². The smallest absolute Gasteiger partial charge is 0.191 e. The van der Waals surface area contributed by atoms with E-state index in [9.17, 15) is 0 Å². The van der Waals surface area contributed by atoms with E-state index < -0.39 is 0 Å². The summed E-state index contributed by atoms with van der Waals surface area (Å²) < 4.78 is 1.88. The second kappa shape index (κ2) is 11.6. The van der Waals surface area contributed by atoms with Gasteiger partial charge in [-0.05, 0) is 19.0 Å². The van der Waals surface area contributed by atoms with Crippen LogP contribution < -0.4 is 10.6 Å². The number of likely N-dealkylation sites (N-methyl/N-ethyl adjacent to an activating group) is 1. The summed E-state index contributed by atoms with van der Waals surface area (Å²) in [6, 6.07) is 1.88. The van der Waals surface area contributed by atoms with Gasteiger partial charge in [0.25, 0.3) is 0 Å². The fourth-order valence-electron chi connectivity index (χ4n) is 2.96. The first-order valence-electron chi connectivity index (χ1n) is 8.75. The maximum atomic E-state index is 6.10. The molecule has 0 spiro atoms. The van der Waals surface area contributed by atoms with Crippen molar-refractivity contribution in [2.75, 3.05) is 53.4 Å². The maximum absolute atomic E-state index is 6.10. The van der Waals surface area contributed by atoms with Crippen LogP contribution in [-0.4, -0.2) is 73.7 Å². The van der Waals surface area contributed by atoms with E-state index in [1.165, 1.54) is 0 Å². The molecule has 2 N–H and O–H groups in total. The number of halogens is 3. The lowest BCUT2D eigenvalue weighted by molar-refractivity contribution is 0.139. The van der Waals surface area contributed by atoms with Crippen LogP contribution >= 0.6 is 47.2 Å². The first-order chi connectivity index (χ1) is 11.9. The standard InChI is InChI=1S/C17H30Cl2N6.HI/c1-13(12-25-7-5-23(3)6-8-25)10-21-17(20-2)22-11-14-9-15(18)16(19)24(14)4;/h9,13H,5-8,10-12H2,1-4H3,(H2,20,21,22);1H. The first-order valence-corrected chi connectivity index (χ1v) is 9.51. The lowest BCUT2D eigenvalue weighted by Gasteiger charge is -2.34. The van der Waals surface area contributed by atoms with Crippen molar-refractivity contribution in [1.82, 2.24) is 25.0 Å². The molecule has 0 saturated carbocycles. The number of piperazine rings is 1. The molecule has 1 unspecified atom stereocenters. The number of hydrogen-bond acceptors (Lipinski definition) is 3.